The molecule has 1 unspecified atom stereocenters. The van der Waals surface area contributed by atoms with Crippen LogP contribution in [0.5, 0.6) is 0 Å². The van der Waals surface area contributed by atoms with Crippen LogP contribution in [0.15, 0.2) is 48.5 Å². The maximum Gasteiger partial charge on any atom is 0.407 e. The number of ether oxygens (including phenoxy) is 1. The molecule has 0 aromatic heterocycles. The molecule has 0 radical (unpaired) electrons. The van der Waals surface area contributed by atoms with E-state index in [1.165, 1.54) is 0 Å². The van der Waals surface area contributed by atoms with Crippen LogP contribution in [-0.2, 0) is 14.3 Å². The van der Waals surface area contributed by atoms with Crippen LogP contribution in [0, 0.1) is 5.41 Å². The molecule has 0 saturated carbocycles. The van der Waals surface area contributed by atoms with Crippen LogP contribution in [0.1, 0.15) is 57.6 Å². The molecule has 7 nitrogen and oxygen atoms in total. The van der Waals surface area contributed by atoms with Gasteiger partial charge in [-0.3, -0.25) is 4.79 Å². The molecule has 2 aromatic rings. The highest BCUT2D eigenvalue weighted by Crippen LogP contribution is 2.44. The summed E-state index contributed by atoms with van der Waals surface area (Å²) >= 11 is 0. The monoisotopic (exact) mass is 452 g/mol. The third-order valence-corrected chi connectivity index (χ3v) is 6.11. The third-order valence-electron chi connectivity index (χ3n) is 6.11. The SMILES string of the molecule is CC[C@@H](NC(=O)CC(NC(=O)OCC1c2ccccc2-c2ccccc21)C(C)(C)C)C(=O)O. The largest absolute Gasteiger partial charge is 0.480 e. The molecule has 0 spiro atoms. The molecule has 176 valence electrons. The lowest BCUT2D eigenvalue weighted by Crippen LogP contribution is -2.49. The topological polar surface area (TPSA) is 105 Å². The summed E-state index contributed by atoms with van der Waals surface area (Å²) in [5.41, 5.74) is 4.11. The number of alkyl carbamates (subject to hydrolysis) is 1. The number of amides is 2. The molecular weight excluding hydrogens is 420 g/mol. The van der Waals surface area contributed by atoms with Crippen molar-refractivity contribution in [2.75, 3.05) is 6.61 Å². The Morgan fingerprint density at radius 1 is 0.970 bits per heavy atom. The van der Waals surface area contributed by atoms with Gasteiger partial charge < -0.3 is 20.5 Å². The van der Waals surface area contributed by atoms with E-state index in [0.29, 0.717) is 0 Å². The summed E-state index contributed by atoms with van der Waals surface area (Å²) in [6.07, 6.45) is -0.367. The summed E-state index contributed by atoms with van der Waals surface area (Å²) in [6.45, 7) is 7.59. The lowest BCUT2D eigenvalue weighted by Gasteiger charge is -2.31. The van der Waals surface area contributed by atoms with Gasteiger partial charge in [0.1, 0.15) is 12.6 Å². The Balaban J connectivity index is 1.65. The molecule has 3 rings (SSSR count). The highest BCUT2D eigenvalue weighted by molar-refractivity contribution is 5.84. The van der Waals surface area contributed by atoms with E-state index < -0.39 is 35.5 Å². The number of nitrogens with one attached hydrogen (secondary N) is 2. The number of carboxylic acids is 1. The number of carbonyl (C=O) groups excluding carboxylic acids is 2. The quantitative estimate of drug-likeness (QED) is 0.554. The summed E-state index contributed by atoms with van der Waals surface area (Å²) in [4.78, 5) is 36.3. The van der Waals surface area contributed by atoms with Crippen LogP contribution in [0.25, 0.3) is 11.1 Å². The highest BCUT2D eigenvalue weighted by atomic mass is 16.5. The number of aliphatic carboxylic acids is 1. The maximum atomic E-state index is 12.7. The van der Waals surface area contributed by atoms with E-state index in [9.17, 15) is 19.5 Å². The van der Waals surface area contributed by atoms with Gasteiger partial charge >= 0.3 is 12.1 Å². The number of benzene rings is 2. The standard InChI is InChI=1S/C26H32N2O5/c1-5-21(24(30)31)27-23(29)14-22(26(2,3)4)28-25(32)33-15-20-18-12-8-6-10-16(18)17-11-7-9-13-19(17)20/h6-13,20-22H,5,14-15H2,1-4H3,(H,27,29)(H,28,32)(H,30,31)/t21-,22?/m1/s1. The smallest absolute Gasteiger partial charge is 0.407 e. The number of carboxylic acid groups (broad SMARTS) is 1. The molecule has 1 aliphatic carbocycles. The second kappa shape index (κ2) is 10.1. The Hall–Kier alpha value is -3.35. The van der Waals surface area contributed by atoms with Crippen molar-refractivity contribution in [2.45, 2.75) is 58.5 Å². The lowest BCUT2D eigenvalue weighted by atomic mass is 9.84. The summed E-state index contributed by atoms with van der Waals surface area (Å²) in [5.74, 6) is -1.56. The first kappa shape index (κ1) is 24.3. The Morgan fingerprint density at radius 3 is 2.00 bits per heavy atom. The molecule has 0 heterocycles. The van der Waals surface area contributed by atoms with Crippen molar-refractivity contribution >= 4 is 18.0 Å². The van der Waals surface area contributed by atoms with Crippen molar-refractivity contribution in [1.82, 2.24) is 10.6 Å². The zero-order valence-electron chi connectivity index (χ0n) is 19.6. The predicted molar refractivity (Wildman–Crippen MR) is 126 cm³/mol. The van der Waals surface area contributed by atoms with Gasteiger partial charge in [0, 0.05) is 18.4 Å². The number of rotatable bonds is 8. The molecule has 1 aliphatic rings. The van der Waals surface area contributed by atoms with Gasteiger partial charge in [0.15, 0.2) is 0 Å². The summed E-state index contributed by atoms with van der Waals surface area (Å²) in [7, 11) is 0. The summed E-state index contributed by atoms with van der Waals surface area (Å²) in [6, 6.07) is 14.7. The van der Waals surface area contributed by atoms with Crippen LogP contribution in [0.4, 0.5) is 4.79 Å². The van der Waals surface area contributed by atoms with E-state index in [0.717, 1.165) is 22.3 Å². The maximum absolute atomic E-state index is 12.7. The number of hydrogen-bond donors (Lipinski definition) is 3. The van der Waals surface area contributed by atoms with E-state index in [1.807, 2.05) is 45.0 Å². The van der Waals surface area contributed by atoms with Crippen molar-refractivity contribution in [3.05, 3.63) is 59.7 Å². The van der Waals surface area contributed by atoms with Crippen molar-refractivity contribution in [1.29, 1.82) is 0 Å². The number of hydrogen-bond acceptors (Lipinski definition) is 4. The lowest BCUT2D eigenvalue weighted by molar-refractivity contribution is -0.142. The minimum absolute atomic E-state index is 0.0442. The normalized spacial score (nSPS) is 14.5. The second-order valence-corrected chi connectivity index (χ2v) is 9.46. The van der Waals surface area contributed by atoms with Gasteiger partial charge in [0.05, 0.1) is 0 Å². The van der Waals surface area contributed by atoms with Crippen LogP contribution in [0.3, 0.4) is 0 Å². The highest BCUT2D eigenvalue weighted by Gasteiger charge is 2.32. The van der Waals surface area contributed by atoms with Crippen molar-refractivity contribution in [3.8, 4) is 11.1 Å². The van der Waals surface area contributed by atoms with Gasteiger partial charge in [-0.1, -0.05) is 76.2 Å². The van der Waals surface area contributed by atoms with E-state index in [1.54, 1.807) is 6.92 Å². The van der Waals surface area contributed by atoms with Crippen LogP contribution >= 0.6 is 0 Å². The average Bonchev–Trinajstić information content (AvgIpc) is 3.08. The van der Waals surface area contributed by atoms with E-state index in [4.69, 9.17) is 4.74 Å². The fourth-order valence-corrected chi connectivity index (χ4v) is 4.13. The zero-order chi connectivity index (χ0) is 24.2. The minimum Gasteiger partial charge on any atom is -0.480 e. The van der Waals surface area contributed by atoms with Crippen LogP contribution in [0.2, 0.25) is 0 Å². The predicted octanol–water partition coefficient (Wildman–Crippen LogP) is 4.31. The molecule has 0 bridgehead atoms. The molecule has 7 heteroatoms. The molecule has 2 atom stereocenters. The molecule has 33 heavy (non-hydrogen) atoms. The Bertz CT molecular complexity index is 982. The van der Waals surface area contributed by atoms with Gasteiger partial charge in [0.2, 0.25) is 5.91 Å². The summed E-state index contributed by atoms with van der Waals surface area (Å²) < 4.78 is 5.61. The van der Waals surface area contributed by atoms with Crippen LogP contribution < -0.4 is 10.6 Å². The Kier molecular flexibility index (Phi) is 7.41. The van der Waals surface area contributed by atoms with Gasteiger partial charge in [-0.15, -0.1) is 0 Å². The molecular formula is C26H32N2O5. The van der Waals surface area contributed by atoms with E-state index in [2.05, 4.69) is 34.9 Å². The first-order chi connectivity index (χ1) is 15.6. The molecule has 3 N–H and O–H groups in total. The first-order valence-corrected chi connectivity index (χ1v) is 11.3. The molecule has 0 aliphatic heterocycles. The fraction of sp³-hybridized carbons (Fsp3) is 0.423. The van der Waals surface area contributed by atoms with Crippen molar-refractivity contribution < 1.29 is 24.2 Å². The minimum atomic E-state index is -1.08. The molecule has 0 fully saturated rings. The summed E-state index contributed by atoms with van der Waals surface area (Å²) in [5, 5.41) is 14.5. The van der Waals surface area contributed by atoms with Crippen molar-refractivity contribution in [2.24, 2.45) is 5.41 Å². The number of fused-ring (bicyclic) bond motifs is 3. The molecule has 2 aromatic carbocycles. The van der Waals surface area contributed by atoms with Crippen LogP contribution in [-0.4, -0.2) is 41.8 Å². The van der Waals surface area contributed by atoms with Gasteiger partial charge in [0.25, 0.3) is 0 Å². The Morgan fingerprint density at radius 2 is 1.52 bits per heavy atom. The fourth-order valence-electron chi connectivity index (χ4n) is 4.13. The zero-order valence-corrected chi connectivity index (χ0v) is 19.6. The Labute approximate surface area is 194 Å². The molecule has 2 amide bonds. The number of carbonyl (C=O) groups is 3. The van der Waals surface area contributed by atoms with Gasteiger partial charge in [-0.05, 0) is 34.1 Å². The van der Waals surface area contributed by atoms with E-state index >= 15 is 0 Å². The van der Waals surface area contributed by atoms with E-state index in [-0.39, 0.29) is 25.4 Å². The van der Waals surface area contributed by atoms with Gasteiger partial charge in [-0.2, -0.15) is 0 Å². The second-order valence-electron chi connectivity index (χ2n) is 9.46. The average molecular weight is 453 g/mol. The van der Waals surface area contributed by atoms with Crippen molar-refractivity contribution in [3.63, 3.8) is 0 Å². The third kappa shape index (κ3) is 5.72. The van der Waals surface area contributed by atoms with Gasteiger partial charge in [-0.25, -0.2) is 9.59 Å². The molecule has 0 saturated heterocycles. The first-order valence-electron chi connectivity index (χ1n) is 11.3.